The third-order valence-electron chi connectivity index (χ3n) is 6.18. The van der Waals surface area contributed by atoms with Crippen LogP contribution in [-0.2, 0) is 6.42 Å². The van der Waals surface area contributed by atoms with E-state index in [4.69, 9.17) is 4.98 Å². The second-order valence-electron chi connectivity index (χ2n) is 8.18. The Hall–Kier alpha value is -4.33. The van der Waals surface area contributed by atoms with Crippen molar-refractivity contribution in [3.63, 3.8) is 0 Å². The Balaban J connectivity index is 1.88. The van der Waals surface area contributed by atoms with Gasteiger partial charge in [-0.2, -0.15) is 0 Å². The van der Waals surface area contributed by atoms with Gasteiger partial charge in [0.2, 0.25) is 0 Å². The molecular weight excluding hydrogens is 444 g/mol. The number of carbonyl (C=O) groups is 1. The number of nitrogens with zero attached hydrogens (tertiary/aromatic N) is 4. The molecule has 0 radical (unpaired) electrons. The van der Waals surface area contributed by atoms with Crippen molar-refractivity contribution in [2.75, 3.05) is 6.54 Å². The summed E-state index contributed by atoms with van der Waals surface area (Å²) >= 11 is 0. The molecule has 178 valence electrons. The number of nitro benzene ring substituents is 1. The van der Waals surface area contributed by atoms with Crippen LogP contribution in [0, 0.1) is 10.1 Å². The minimum atomic E-state index is -0.551. The van der Waals surface area contributed by atoms with Crippen LogP contribution >= 0.6 is 0 Å². The average molecular weight is 471 g/mol. The van der Waals surface area contributed by atoms with E-state index in [0.29, 0.717) is 28.8 Å². The summed E-state index contributed by atoms with van der Waals surface area (Å²) in [5.41, 5.74) is 2.33. The summed E-state index contributed by atoms with van der Waals surface area (Å²) < 4.78 is 1.61. The van der Waals surface area contributed by atoms with E-state index in [2.05, 4.69) is 0 Å². The third-order valence-corrected chi connectivity index (χ3v) is 6.18. The molecule has 0 aliphatic rings. The van der Waals surface area contributed by atoms with Gasteiger partial charge in [0.15, 0.2) is 0 Å². The number of fused-ring (bicyclic) bond motifs is 1. The van der Waals surface area contributed by atoms with Gasteiger partial charge in [-0.3, -0.25) is 24.3 Å². The molecule has 0 aliphatic heterocycles. The predicted octanol–water partition coefficient (Wildman–Crippen LogP) is 5.08. The van der Waals surface area contributed by atoms with E-state index in [1.165, 1.54) is 24.3 Å². The highest BCUT2D eigenvalue weighted by molar-refractivity contribution is 5.94. The molecule has 8 nitrogen and oxygen atoms in total. The topological polar surface area (TPSA) is 98.3 Å². The molecule has 0 aliphatic carbocycles. The molecule has 0 spiro atoms. The number of carbonyl (C=O) groups excluding carboxylic acids is 1. The van der Waals surface area contributed by atoms with Gasteiger partial charge in [-0.25, -0.2) is 4.98 Å². The van der Waals surface area contributed by atoms with Crippen molar-refractivity contribution < 1.29 is 9.72 Å². The van der Waals surface area contributed by atoms with Crippen molar-refractivity contribution in [3.05, 3.63) is 110 Å². The lowest BCUT2D eigenvalue weighted by molar-refractivity contribution is -0.384. The quantitative estimate of drug-likeness (QED) is 0.277. The van der Waals surface area contributed by atoms with Crippen molar-refractivity contribution in [2.45, 2.75) is 33.2 Å². The standard InChI is InChI=1S/C27H26N4O4/c1-4-19-10-6-9-13-24(19)30-25(28-23-12-8-7-11-22(23)27(30)33)18(3)29(5-2)26(32)20-14-16-21(17-15-20)31(34)35/h6-18H,4-5H2,1-3H3. The summed E-state index contributed by atoms with van der Waals surface area (Å²) in [6, 6.07) is 19.8. The normalized spacial score (nSPS) is 11.9. The van der Waals surface area contributed by atoms with Crippen molar-refractivity contribution in [1.29, 1.82) is 0 Å². The van der Waals surface area contributed by atoms with Gasteiger partial charge in [0, 0.05) is 24.2 Å². The molecule has 1 heterocycles. The Kier molecular flexibility index (Phi) is 6.73. The number of hydrogen-bond acceptors (Lipinski definition) is 5. The first-order chi connectivity index (χ1) is 16.9. The van der Waals surface area contributed by atoms with Gasteiger partial charge in [-0.1, -0.05) is 37.3 Å². The zero-order chi connectivity index (χ0) is 25.1. The van der Waals surface area contributed by atoms with Crippen molar-refractivity contribution in [2.24, 2.45) is 0 Å². The molecule has 3 aromatic carbocycles. The maximum Gasteiger partial charge on any atom is 0.269 e. The summed E-state index contributed by atoms with van der Waals surface area (Å²) in [6.07, 6.45) is 0.725. The molecule has 0 saturated heterocycles. The summed E-state index contributed by atoms with van der Waals surface area (Å²) in [7, 11) is 0. The lowest BCUT2D eigenvalue weighted by atomic mass is 10.1. The Bertz CT molecular complexity index is 1460. The van der Waals surface area contributed by atoms with Crippen LogP contribution in [0.4, 0.5) is 5.69 Å². The second-order valence-corrected chi connectivity index (χ2v) is 8.18. The van der Waals surface area contributed by atoms with Crippen LogP contribution in [0.2, 0.25) is 0 Å². The van der Waals surface area contributed by atoms with Crippen LogP contribution in [0.15, 0.2) is 77.6 Å². The van der Waals surface area contributed by atoms with Crippen molar-refractivity contribution >= 4 is 22.5 Å². The van der Waals surface area contributed by atoms with Crippen LogP contribution in [0.5, 0.6) is 0 Å². The SMILES string of the molecule is CCc1ccccc1-n1c(C(C)N(CC)C(=O)c2ccc([N+](=O)[O-])cc2)nc2ccccc2c1=O. The zero-order valence-corrected chi connectivity index (χ0v) is 19.8. The van der Waals surface area contributed by atoms with E-state index in [9.17, 15) is 19.7 Å². The lowest BCUT2D eigenvalue weighted by Crippen LogP contribution is -2.37. The molecule has 35 heavy (non-hydrogen) atoms. The molecular formula is C27H26N4O4. The fourth-order valence-corrected chi connectivity index (χ4v) is 4.32. The molecule has 4 rings (SSSR count). The first kappa shape index (κ1) is 23.8. The van der Waals surface area contributed by atoms with E-state index in [1.807, 2.05) is 51.1 Å². The lowest BCUT2D eigenvalue weighted by Gasteiger charge is -2.30. The number of rotatable bonds is 7. The molecule has 0 saturated carbocycles. The molecule has 1 amide bonds. The maximum atomic E-state index is 13.7. The van der Waals surface area contributed by atoms with Gasteiger partial charge in [0.1, 0.15) is 5.82 Å². The van der Waals surface area contributed by atoms with Gasteiger partial charge < -0.3 is 4.90 Å². The fourth-order valence-electron chi connectivity index (χ4n) is 4.32. The van der Waals surface area contributed by atoms with Crippen LogP contribution in [0.25, 0.3) is 16.6 Å². The van der Waals surface area contributed by atoms with E-state index in [0.717, 1.165) is 17.7 Å². The second kappa shape index (κ2) is 9.89. The molecule has 0 fully saturated rings. The summed E-state index contributed by atoms with van der Waals surface area (Å²) in [6.45, 7) is 6.07. The predicted molar refractivity (Wildman–Crippen MR) is 135 cm³/mol. The number of aryl methyl sites for hydroxylation is 1. The summed E-state index contributed by atoms with van der Waals surface area (Å²) in [4.78, 5) is 44.1. The Morgan fingerprint density at radius 1 is 1.03 bits per heavy atom. The molecule has 1 atom stereocenters. The summed E-state index contributed by atoms with van der Waals surface area (Å²) in [5.74, 6) is 0.152. The maximum absolute atomic E-state index is 13.7. The van der Waals surface area contributed by atoms with Crippen LogP contribution < -0.4 is 5.56 Å². The first-order valence-corrected chi connectivity index (χ1v) is 11.5. The molecule has 4 aromatic rings. The van der Waals surface area contributed by atoms with E-state index < -0.39 is 11.0 Å². The Labute approximate surface area is 202 Å². The number of para-hydroxylation sites is 2. The van der Waals surface area contributed by atoms with Crippen LogP contribution in [0.1, 0.15) is 48.6 Å². The van der Waals surface area contributed by atoms with Gasteiger partial charge in [-0.05, 0) is 56.2 Å². The number of non-ortho nitro benzene ring substituents is 1. The van der Waals surface area contributed by atoms with Crippen molar-refractivity contribution in [1.82, 2.24) is 14.5 Å². The monoisotopic (exact) mass is 470 g/mol. The van der Waals surface area contributed by atoms with Gasteiger partial charge in [0.05, 0.1) is 27.6 Å². The highest BCUT2D eigenvalue weighted by Crippen LogP contribution is 2.26. The average Bonchev–Trinajstić information content (AvgIpc) is 2.89. The smallest absolute Gasteiger partial charge is 0.269 e. The van der Waals surface area contributed by atoms with Gasteiger partial charge >= 0.3 is 0 Å². The number of amides is 1. The third kappa shape index (κ3) is 4.42. The van der Waals surface area contributed by atoms with Gasteiger partial charge in [-0.15, -0.1) is 0 Å². The minimum Gasteiger partial charge on any atom is -0.329 e. The summed E-state index contributed by atoms with van der Waals surface area (Å²) in [5, 5.41) is 11.5. The van der Waals surface area contributed by atoms with E-state index in [-0.39, 0.29) is 17.2 Å². The van der Waals surface area contributed by atoms with Crippen LogP contribution in [0.3, 0.4) is 0 Å². The largest absolute Gasteiger partial charge is 0.329 e. The Morgan fingerprint density at radius 3 is 2.34 bits per heavy atom. The molecule has 8 heteroatoms. The number of nitro groups is 1. The Morgan fingerprint density at radius 2 is 1.69 bits per heavy atom. The highest BCUT2D eigenvalue weighted by atomic mass is 16.6. The van der Waals surface area contributed by atoms with E-state index in [1.54, 1.807) is 27.7 Å². The molecule has 0 bridgehead atoms. The molecule has 1 unspecified atom stereocenters. The fraction of sp³-hybridized carbons (Fsp3) is 0.222. The molecule has 0 N–H and O–H groups in total. The number of hydrogen-bond donors (Lipinski definition) is 0. The number of aromatic nitrogens is 2. The van der Waals surface area contributed by atoms with Gasteiger partial charge in [0.25, 0.3) is 17.2 Å². The first-order valence-electron chi connectivity index (χ1n) is 11.5. The number of benzene rings is 3. The zero-order valence-electron chi connectivity index (χ0n) is 19.8. The highest BCUT2D eigenvalue weighted by Gasteiger charge is 2.27. The van der Waals surface area contributed by atoms with Crippen molar-refractivity contribution in [3.8, 4) is 5.69 Å². The van der Waals surface area contributed by atoms with E-state index >= 15 is 0 Å². The minimum absolute atomic E-state index is 0.0844. The molecule has 1 aromatic heterocycles. The van der Waals surface area contributed by atoms with Crippen LogP contribution in [-0.4, -0.2) is 31.8 Å².